The highest BCUT2D eigenvalue weighted by Gasteiger charge is 2.36. The van der Waals surface area contributed by atoms with E-state index in [4.69, 9.17) is 28.9 Å². The van der Waals surface area contributed by atoms with Crippen molar-refractivity contribution in [2.45, 2.75) is 63.6 Å². The fourth-order valence-electron chi connectivity index (χ4n) is 4.28. The van der Waals surface area contributed by atoms with Crippen molar-refractivity contribution >= 4 is 27.9 Å². The molecule has 0 fully saturated rings. The number of esters is 1. The molecular formula is C30H40N2O10S. The summed E-state index contributed by atoms with van der Waals surface area (Å²) in [4.78, 5) is 38.7. The van der Waals surface area contributed by atoms with Crippen LogP contribution < -0.4 is 10.5 Å². The third kappa shape index (κ3) is 10.6. The van der Waals surface area contributed by atoms with Crippen molar-refractivity contribution in [1.82, 2.24) is 4.90 Å². The van der Waals surface area contributed by atoms with Gasteiger partial charge in [-0.05, 0) is 70.0 Å². The second kappa shape index (κ2) is 15.3. The lowest BCUT2D eigenvalue weighted by molar-refractivity contribution is -0.155. The first-order valence-electron chi connectivity index (χ1n) is 14.0. The van der Waals surface area contributed by atoms with Gasteiger partial charge in [-0.1, -0.05) is 17.7 Å². The Labute approximate surface area is 252 Å². The van der Waals surface area contributed by atoms with Crippen LogP contribution in [0.1, 0.15) is 55.1 Å². The van der Waals surface area contributed by atoms with E-state index in [0.29, 0.717) is 16.9 Å². The number of rotatable bonds is 17. The van der Waals surface area contributed by atoms with Crippen LogP contribution in [0.3, 0.4) is 0 Å². The second-order valence-electron chi connectivity index (χ2n) is 11.0. The standard InChI is InChI=1S/C30H40N2O10S/c1-21-5-8-24(9-6-21)43(36,37)41-18-16-39-14-13-38-15-17-40-23-7-10-25-22(19-23)20-32(29(25)35)26(28(31)34)11-12-27(33)42-30(2,3)4/h5-10,19,26H,11-18,20H2,1-4H3,(H2,31,34). The monoisotopic (exact) mass is 620 g/mol. The summed E-state index contributed by atoms with van der Waals surface area (Å²) in [5.41, 5.74) is 7.01. The molecule has 2 aromatic carbocycles. The topological polar surface area (TPSA) is 161 Å². The molecule has 0 saturated carbocycles. The Balaban J connectivity index is 1.34. The quantitative estimate of drug-likeness (QED) is 0.158. The Morgan fingerprint density at radius 3 is 2.21 bits per heavy atom. The fourth-order valence-corrected chi connectivity index (χ4v) is 5.17. The number of nitrogens with two attached hydrogens (primary N) is 1. The molecule has 236 valence electrons. The molecule has 1 aliphatic heterocycles. The minimum atomic E-state index is -3.82. The smallest absolute Gasteiger partial charge is 0.306 e. The van der Waals surface area contributed by atoms with Crippen molar-refractivity contribution in [3.63, 3.8) is 0 Å². The number of fused-ring (bicyclic) bond motifs is 1. The maximum absolute atomic E-state index is 13.0. The largest absolute Gasteiger partial charge is 0.491 e. The van der Waals surface area contributed by atoms with Crippen LogP contribution in [0.5, 0.6) is 5.75 Å². The Kier molecular flexibility index (Phi) is 12.1. The summed E-state index contributed by atoms with van der Waals surface area (Å²) >= 11 is 0. The van der Waals surface area contributed by atoms with Gasteiger partial charge in [0, 0.05) is 18.5 Å². The number of carbonyl (C=O) groups excluding carboxylic acids is 3. The Morgan fingerprint density at radius 1 is 0.953 bits per heavy atom. The Hall–Kier alpha value is -3.52. The predicted molar refractivity (Wildman–Crippen MR) is 156 cm³/mol. The zero-order chi connectivity index (χ0) is 31.6. The minimum absolute atomic E-state index is 0.0475. The number of hydrogen-bond donors (Lipinski definition) is 1. The maximum Gasteiger partial charge on any atom is 0.306 e. The van der Waals surface area contributed by atoms with Gasteiger partial charge in [-0.25, -0.2) is 0 Å². The number of carbonyl (C=O) groups is 3. The second-order valence-corrected chi connectivity index (χ2v) is 12.6. The molecule has 1 atom stereocenters. The van der Waals surface area contributed by atoms with E-state index in [2.05, 4.69) is 0 Å². The van der Waals surface area contributed by atoms with Crippen molar-refractivity contribution in [3.05, 3.63) is 59.2 Å². The van der Waals surface area contributed by atoms with Crippen molar-refractivity contribution in [2.24, 2.45) is 5.73 Å². The molecule has 2 N–H and O–H groups in total. The lowest BCUT2D eigenvalue weighted by Crippen LogP contribution is -2.45. The van der Waals surface area contributed by atoms with E-state index < -0.39 is 33.6 Å². The van der Waals surface area contributed by atoms with Crippen LogP contribution in [0.15, 0.2) is 47.4 Å². The maximum atomic E-state index is 13.0. The van der Waals surface area contributed by atoms with Gasteiger partial charge in [-0.15, -0.1) is 0 Å². The number of amides is 2. The van der Waals surface area contributed by atoms with E-state index in [1.54, 1.807) is 51.1 Å². The van der Waals surface area contributed by atoms with Gasteiger partial charge in [0.25, 0.3) is 16.0 Å². The van der Waals surface area contributed by atoms with Crippen LogP contribution >= 0.6 is 0 Å². The molecule has 0 radical (unpaired) electrons. The lowest BCUT2D eigenvalue weighted by atomic mass is 10.1. The predicted octanol–water partition coefficient (Wildman–Crippen LogP) is 2.74. The van der Waals surface area contributed by atoms with Crippen molar-refractivity contribution in [1.29, 1.82) is 0 Å². The number of benzene rings is 2. The fraction of sp³-hybridized carbons (Fsp3) is 0.500. The van der Waals surface area contributed by atoms with Crippen LogP contribution in [-0.2, 0) is 44.6 Å². The molecule has 43 heavy (non-hydrogen) atoms. The Bertz CT molecular complexity index is 1370. The number of hydrogen-bond acceptors (Lipinski definition) is 10. The summed E-state index contributed by atoms with van der Waals surface area (Å²) in [5.74, 6) is -0.964. The lowest BCUT2D eigenvalue weighted by Gasteiger charge is -2.25. The summed E-state index contributed by atoms with van der Waals surface area (Å²) in [5, 5.41) is 0. The highest BCUT2D eigenvalue weighted by atomic mass is 32.2. The molecule has 0 spiro atoms. The highest BCUT2D eigenvalue weighted by Crippen LogP contribution is 2.29. The van der Waals surface area contributed by atoms with Crippen LogP contribution in [-0.4, -0.2) is 82.4 Å². The number of aryl methyl sites for hydroxylation is 1. The van der Waals surface area contributed by atoms with Gasteiger partial charge >= 0.3 is 5.97 Å². The average Bonchev–Trinajstić information content (AvgIpc) is 3.24. The minimum Gasteiger partial charge on any atom is -0.491 e. The number of ether oxygens (including phenoxy) is 4. The third-order valence-electron chi connectivity index (χ3n) is 6.30. The SMILES string of the molecule is Cc1ccc(S(=O)(=O)OCCOCCOCCOc2ccc3c(c2)CN(C(CCC(=O)OC(C)(C)C)C(N)=O)C3=O)cc1. The van der Waals surface area contributed by atoms with E-state index in [1.165, 1.54) is 17.0 Å². The number of primary amides is 1. The van der Waals surface area contributed by atoms with Gasteiger partial charge in [0.1, 0.15) is 24.0 Å². The van der Waals surface area contributed by atoms with E-state index >= 15 is 0 Å². The summed E-state index contributed by atoms with van der Waals surface area (Å²) < 4.78 is 51.1. The van der Waals surface area contributed by atoms with E-state index in [0.717, 1.165) is 5.56 Å². The molecule has 0 aliphatic carbocycles. The van der Waals surface area contributed by atoms with Crippen molar-refractivity contribution < 1.29 is 45.9 Å². The van der Waals surface area contributed by atoms with Gasteiger partial charge in [0.15, 0.2) is 0 Å². The first-order valence-corrected chi connectivity index (χ1v) is 15.4. The highest BCUT2D eigenvalue weighted by molar-refractivity contribution is 7.86. The van der Waals surface area contributed by atoms with Crippen LogP contribution in [0.4, 0.5) is 0 Å². The molecule has 0 aromatic heterocycles. The molecule has 3 rings (SSSR count). The molecule has 1 unspecified atom stereocenters. The van der Waals surface area contributed by atoms with Gasteiger partial charge in [0.05, 0.1) is 37.9 Å². The first kappa shape index (κ1) is 34.0. The molecule has 0 saturated heterocycles. The number of nitrogens with zero attached hydrogens (tertiary/aromatic N) is 1. The van der Waals surface area contributed by atoms with Crippen molar-refractivity contribution in [2.75, 3.05) is 39.6 Å². The van der Waals surface area contributed by atoms with Crippen LogP contribution in [0, 0.1) is 6.92 Å². The van der Waals surface area contributed by atoms with Gasteiger partial charge in [0.2, 0.25) is 5.91 Å². The molecule has 13 heteroatoms. The van der Waals surface area contributed by atoms with Gasteiger partial charge in [-0.2, -0.15) is 8.42 Å². The molecule has 1 aliphatic rings. The normalized spacial score (nSPS) is 14.0. The van der Waals surface area contributed by atoms with Crippen LogP contribution in [0.25, 0.3) is 0 Å². The van der Waals surface area contributed by atoms with Gasteiger partial charge in [-0.3, -0.25) is 18.6 Å². The van der Waals surface area contributed by atoms with E-state index in [1.807, 2.05) is 6.92 Å². The van der Waals surface area contributed by atoms with Crippen molar-refractivity contribution in [3.8, 4) is 5.75 Å². The molecule has 0 bridgehead atoms. The third-order valence-corrected chi connectivity index (χ3v) is 7.63. The average molecular weight is 621 g/mol. The van der Waals surface area contributed by atoms with Gasteiger partial charge < -0.3 is 29.6 Å². The molecule has 12 nitrogen and oxygen atoms in total. The molecule has 2 aromatic rings. The zero-order valence-electron chi connectivity index (χ0n) is 25.0. The molecule has 1 heterocycles. The Morgan fingerprint density at radius 2 is 1.58 bits per heavy atom. The van der Waals surface area contributed by atoms with Crippen LogP contribution in [0.2, 0.25) is 0 Å². The first-order chi connectivity index (χ1) is 20.3. The summed E-state index contributed by atoms with van der Waals surface area (Å²) in [6, 6.07) is 10.5. The molecular weight excluding hydrogens is 580 g/mol. The van der Waals surface area contributed by atoms with E-state index in [9.17, 15) is 22.8 Å². The van der Waals surface area contributed by atoms with E-state index in [-0.39, 0.29) is 69.8 Å². The summed E-state index contributed by atoms with van der Waals surface area (Å²) in [6.07, 6.45) is 0.0159. The molecule has 2 amide bonds. The summed E-state index contributed by atoms with van der Waals surface area (Å²) in [7, 11) is -3.82. The summed E-state index contributed by atoms with van der Waals surface area (Å²) in [6.45, 7) is 8.31. The zero-order valence-corrected chi connectivity index (χ0v) is 25.8.